The molecule has 0 saturated carbocycles. The predicted molar refractivity (Wildman–Crippen MR) is 476 cm³/mol. The minimum Gasteiger partial charge on any atom is -0.269 e. The predicted octanol–water partition coefficient (Wildman–Crippen LogP) is 31.5. The average molecular weight is 1570 g/mol. The average Bonchev–Trinajstić information content (AvgIpc) is 0.854. The van der Waals surface area contributed by atoms with Crippen LogP contribution in [0.25, 0.3) is 27.9 Å². The number of aryl methyl sites for hydroxylation is 5. The molecule has 15 rings (SSSR count). The molecule has 0 nitrogen and oxygen atoms in total. The molecule has 0 spiro atoms. The van der Waals surface area contributed by atoms with Gasteiger partial charge in [0.05, 0.1) is 0 Å². The third kappa shape index (κ3) is 26.4. The van der Waals surface area contributed by atoms with E-state index < -0.39 is 0 Å². The van der Waals surface area contributed by atoms with Crippen LogP contribution in [0.4, 0.5) is 23.5 Å². The van der Waals surface area contributed by atoms with E-state index in [4.69, 9.17) is 63.1 Å². The highest BCUT2D eigenvalue weighted by Gasteiger charge is 2.23. The lowest BCUT2D eigenvalue weighted by atomic mass is 9.82. The molecule has 5 atom stereocenters. The molecule has 0 fully saturated rings. The van der Waals surface area contributed by atoms with E-state index in [1.807, 2.05) is 60.7 Å². The van der Waals surface area contributed by atoms with Crippen LogP contribution in [0.2, 0.25) is 0 Å². The summed E-state index contributed by atoms with van der Waals surface area (Å²) in [5.74, 6) is 3.39. The van der Waals surface area contributed by atoms with Gasteiger partial charge >= 0.3 is 0 Å². The number of halogens is 5. The van der Waals surface area contributed by atoms with Gasteiger partial charge in [-0.05, 0) is 330 Å². The van der Waals surface area contributed by atoms with Gasteiger partial charge in [0.15, 0.2) is 0 Å². The normalized spacial score (nSPS) is 17.5. The number of benzene rings is 10. The number of rotatable bonds is 15. The van der Waals surface area contributed by atoms with Crippen LogP contribution in [-0.4, -0.2) is 0 Å². The highest BCUT2D eigenvalue weighted by Crippen LogP contribution is 2.42. The monoisotopic (exact) mass is 1570 g/mol. The molecule has 110 heavy (non-hydrogen) atoms. The Balaban J connectivity index is 0.000000212. The van der Waals surface area contributed by atoms with Gasteiger partial charge in [-0.1, -0.05) is 310 Å². The quantitative estimate of drug-likeness (QED) is 0.0898. The zero-order valence-corrected chi connectivity index (χ0v) is 68.7. The third-order valence-corrected chi connectivity index (χ3v) is 23.8. The zero-order valence-electron chi connectivity index (χ0n) is 64.6. The Labute approximate surface area is 683 Å². The summed E-state index contributed by atoms with van der Waals surface area (Å²) in [6, 6.07) is 87.7. The van der Waals surface area contributed by atoms with Crippen molar-refractivity contribution in [2.24, 2.45) is 0 Å². The van der Waals surface area contributed by atoms with Crippen molar-refractivity contribution >= 4 is 91.0 Å². The van der Waals surface area contributed by atoms with E-state index >= 15 is 0 Å². The van der Waals surface area contributed by atoms with Gasteiger partial charge in [0.1, 0.15) is 0 Å². The third-order valence-electron chi connectivity index (χ3n) is 22.5. The van der Waals surface area contributed by atoms with Gasteiger partial charge in [-0.3, -0.25) is 23.5 Å². The highest BCUT2D eigenvalue weighted by atomic mass is 32.1. The fourth-order valence-corrected chi connectivity index (χ4v) is 16.1. The summed E-state index contributed by atoms with van der Waals surface area (Å²) in [6.07, 6.45) is 35.5. The molecule has 5 aliphatic rings. The second-order valence-corrected chi connectivity index (χ2v) is 31.5. The zero-order chi connectivity index (χ0) is 73.3. The van der Waals surface area contributed by atoms with Crippen LogP contribution < -0.4 is 0 Å². The molecule has 5 aliphatic carbocycles. The van der Waals surface area contributed by atoms with E-state index in [1.165, 1.54) is 143 Å². The maximum atomic E-state index is 5.16. The standard InChI is InChI=1S/5C20H21S.5FH/c5*1-2-15-3-5-16(6-4-15)17-7-9-18(10-8-17)19-11-13-20(21)14-12-19;;;;;/h5*3-6,9,11-14,17H,2,7-8,10H2,1H3;5*1H. The smallest absolute Gasteiger partial charge is 0.0377 e. The van der Waals surface area contributed by atoms with Crippen LogP contribution in [0.1, 0.15) is 244 Å². The Hall–Kier alpha value is -8.35. The van der Waals surface area contributed by atoms with Crippen LogP contribution in [0.3, 0.4) is 0 Å². The summed E-state index contributed by atoms with van der Waals surface area (Å²) in [4.78, 5) is 4.60. The van der Waals surface area contributed by atoms with Crippen molar-refractivity contribution in [1.29, 1.82) is 0 Å². The van der Waals surface area contributed by atoms with Crippen molar-refractivity contribution in [2.75, 3.05) is 0 Å². The summed E-state index contributed by atoms with van der Waals surface area (Å²) in [5, 5.41) is 0. The number of hydrogen-bond donors (Lipinski definition) is 0. The molecular weight excluding hydrogens is 1460 g/mol. The Bertz CT molecular complexity index is 3810. The fourth-order valence-electron chi connectivity index (χ4n) is 15.5. The van der Waals surface area contributed by atoms with E-state index in [9.17, 15) is 0 Å². The number of allylic oxidation sites excluding steroid dienone is 10. The summed E-state index contributed by atoms with van der Waals surface area (Å²) in [6.45, 7) is 11.0. The van der Waals surface area contributed by atoms with Gasteiger partial charge in [-0.15, -0.1) is 0 Å². The molecule has 10 aromatic rings. The van der Waals surface area contributed by atoms with Crippen molar-refractivity contribution < 1.29 is 23.5 Å². The van der Waals surface area contributed by atoms with Crippen LogP contribution in [-0.2, 0) is 32.1 Å². The summed E-state index contributed by atoms with van der Waals surface area (Å²) >= 11 is 25.8. The first-order valence-corrected chi connectivity index (χ1v) is 41.1. The molecule has 5 unspecified atom stereocenters. The first-order valence-electron chi connectivity index (χ1n) is 39.1. The lowest BCUT2D eigenvalue weighted by molar-refractivity contribution is 0.625. The summed E-state index contributed by atoms with van der Waals surface area (Å²) < 4.78 is 0. The maximum absolute atomic E-state index is 5.16. The van der Waals surface area contributed by atoms with E-state index in [0.717, 1.165) is 121 Å². The molecule has 0 N–H and O–H groups in total. The largest absolute Gasteiger partial charge is 0.269 e. The lowest BCUT2D eigenvalue weighted by Gasteiger charge is -2.23. The molecule has 0 saturated heterocycles. The van der Waals surface area contributed by atoms with Gasteiger partial charge in [-0.2, -0.15) is 0 Å². The van der Waals surface area contributed by atoms with Crippen molar-refractivity contribution in [2.45, 2.75) is 217 Å². The number of hydrogen-bond acceptors (Lipinski definition) is 0. The Morgan fingerprint density at radius 3 is 0.445 bits per heavy atom. The highest BCUT2D eigenvalue weighted by molar-refractivity contribution is 7.81. The van der Waals surface area contributed by atoms with Crippen molar-refractivity contribution in [3.05, 3.63) is 356 Å². The van der Waals surface area contributed by atoms with Gasteiger partial charge in [0.2, 0.25) is 0 Å². The van der Waals surface area contributed by atoms with Crippen LogP contribution >= 0.6 is 63.1 Å². The van der Waals surface area contributed by atoms with E-state index in [0.29, 0.717) is 29.6 Å². The maximum Gasteiger partial charge on any atom is 0.0377 e. The first-order chi connectivity index (χ1) is 51.3. The van der Waals surface area contributed by atoms with Gasteiger partial charge in [-0.25, -0.2) is 0 Å². The molecular formula is C100H110F5S5. The molecule has 10 aromatic carbocycles. The Morgan fingerprint density at radius 2 is 0.336 bits per heavy atom. The molecule has 10 heteroatoms. The van der Waals surface area contributed by atoms with Gasteiger partial charge in [0.25, 0.3) is 0 Å². The lowest BCUT2D eigenvalue weighted by Crippen LogP contribution is -2.04. The summed E-state index contributed by atoms with van der Waals surface area (Å²) in [5.41, 5.74) is 28.6. The molecule has 0 heterocycles. The second-order valence-electron chi connectivity index (χ2n) is 29.1. The minimum absolute atomic E-state index is 0. The Morgan fingerprint density at radius 1 is 0.200 bits per heavy atom. The van der Waals surface area contributed by atoms with Crippen molar-refractivity contribution in [3.63, 3.8) is 0 Å². The van der Waals surface area contributed by atoms with Crippen molar-refractivity contribution in [1.82, 2.24) is 0 Å². The molecule has 0 amide bonds. The van der Waals surface area contributed by atoms with E-state index in [2.05, 4.69) is 247 Å². The molecule has 0 aromatic heterocycles. The fraction of sp³-hybridized carbons (Fsp3) is 0.300. The minimum atomic E-state index is 0. The first kappa shape index (κ1) is 90.5. The van der Waals surface area contributed by atoms with Crippen LogP contribution in [0.5, 0.6) is 0 Å². The topological polar surface area (TPSA) is 0 Å². The van der Waals surface area contributed by atoms with Crippen LogP contribution in [0, 0.1) is 0 Å². The summed E-state index contributed by atoms with van der Waals surface area (Å²) in [7, 11) is 0. The van der Waals surface area contributed by atoms with Crippen molar-refractivity contribution in [3.8, 4) is 0 Å². The Kier molecular flexibility index (Phi) is 38.2. The van der Waals surface area contributed by atoms with Crippen LogP contribution in [0.15, 0.2) is 298 Å². The second kappa shape index (κ2) is 46.5. The molecule has 575 valence electrons. The van der Waals surface area contributed by atoms with Gasteiger partial charge < -0.3 is 0 Å². The SMILES string of the molecule is CCc1ccc(C2CC=C(c3ccc([S])cc3)CC2)cc1.CCc1ccc(C2CC=C(c3ccc([S])cc3)CC2)cc1.CCc1ccc(C2CC=C(c3ccc([S])cc3)CC2)cc1.CCc1ccc(C2CC=C(c3ccc([S])cc3)CC2)cc1.CCc1ccc(C2CC=C(c3ccc([S])cc3)CC2)cc1.F.F.F.F.F. The molecule has 0 aliphatic heterocycles. The van der Waals surface area contributed by atoms with E-state index in [-0.39, 0.29) is 23.5 Å². The molecule has 0 bridgehead atoms. The molecule has 5 radical (unpaired) electrons. The van der Waals surface area contributed by atoms with E-state index in [1.54, 1.807) is 0 Å². The van der Waals surface area contributed by atoms with Gasteiger partial charge in [0, 0.05) is 24.5 Å².